The first-order valence-electron chi connectivity index (χ1n) is 19.5. The van der Waals surface area contributed by atoms with E-state index in [2.05, 4.69) is 73.5 Å². The fourth-order valence-corrected chi connectivity index (χ4v) is 7.03. The maximum atomic E-state index is 4.78. The Balaban J connectivity index is 1.18. The third-order valence-electron chi connectivity index (χ3n) is 10.1. The van der Waals surface area contributed by atoms with E-state index in [1.54, 1.807) is 0 Å². The van der Waals surface area contributed by atoms with Crippen molar-refractivity contribution in [1.82, 2.24) is 0 Å². The molecule has 1 aliphatic rings. The monoisotopic (exact) mass is 613 g/mol. The highest BCUT2D eigenvalue weighted by Gasteiger charge is 2.23. The molecule has 0 atom stereocenters. The van der Waals surface area contributed by atoms with E-state index >= 15 is 0 Å². The fourth-order valence-electron chi connectivity index (χ4n) is 7.03. The minimum Gasteiger partial charge on any atom is -0.158 e. The number of benzene rings is 2. The van der Waals surface area contributed by atoms with Crippen molar-refractivity contribution in [1.29, 1.82) is 0 Å². The Hall–Kier alpha value is -2.22. The van der Waals surface area contributed by atoms with Crippen molar-refractivity contribution >= 4 is 11.9 Å². The van der Waals surface area contributed by atoms with Gasteiger partial charge in [-0.05, 0) is 48.3 Å². The first-order valence-corrected chi connectivity index (χ1v) is 19.5. The lowest BCUT2D eigenvalue weighted by atomic mass is 9.79. The predicted octanol–water partition coefficient (Wildman–Crippen LogP) is 13.7. The van der Waals surface area contributed by atoms with Crippen LogP contribution < -0.4 is 0 Å². The van der Waals surface area contributed by atoms with Crippen LogP contribution in [0.3, 0.4) is 0 Å². The largest absolute Gasteiger partial charge is 0.158 e. The van der Waals surface area contributed by atoms with Gasteiger partial charge in [-0.15, -0.1) is 0 Å². The van der Waals surface area contributed by atoms with Crippen molar-refractivity contribution in [3.05, 3.63) is 71.3 Å². The van der Waals surface area contributed by atoms with Gasteiger partial charge in [0.15, 0.2) is 0 Å². The molecule has 0 aliphatic heterocycles. The molecule has 0 unspecified atom stereocenters. The fraction of sp³-hybridized carbons (Fsp3) is 0.674. The second-order valence-corrected chi connectivity index (χ2v) is 14.3. The van der Waals surface area contributed by atoms with Gasteiger partial charge in [0, 0.05) is 5.92 Å². The average molecular weight is 613 g/mol. The van der Waals surface area contributed by atoms with E-state index in [-0.39, 0.29) is 0 Å². The van der Waals surface area contributed by atoms with E-state index in [1.165, 1.54) is 172 Å². The third kappa shape index (κ3) is 17.3. The summed E-state index contributed by atoms with van der Waals surface area (Å²) in [5, 5.41) is 9.34. The van der Waals surface area contributed by atoms with E-state index in [1.807, 2.05) is 6.21 Å². The molecule has 2 aromatic rings. The molecule has 2 heteroatoms. The molecule has 0 radical (unpaired) electrons. The molecule has 45 heavy (non-hydrogen) atoms. The number of hydrogen-bond acceptors (Lipinski definition) is 2. The van der Waals surface area contributed by atoms with Gasteiger partial charge in [-0.3, -0.25) is 0 Å². The summed E-state index contributed by atoms with van der Waals surface area (Å²) in [7, 11) is 0. The van der Waals surface area contributed by atoms with Crippen LogP contribution in [0.2, 0.25) is 0 Å². The van der Waals surface area contributed by atoms with Crippen LogP contribution in [0, 0.1) is 11.8 Å². The summed E-state index contributed by atoms with van der Waals surface area (Å²) in [5.41, 5.74) is 4.96. The van der Waals surface area contributed by atoms with Crippen LogP contribution in [0.25, 0.3) is 0 Å². The lowest BCUT2D eigenvalue weighted by Crippen LogP contribution is -2.21. The maximum absolute atomic E-state index is 4.78. The van der Waals surface area contributed by atoms with Crippen LogP contribution in [0.4, 0.5) is 0 Å². The summed E-state index contributed by atoms with van der Waals surface area (Å²) >= 11 is 0. The first-order chi connectivity index (χ1) is 22.3. The average Bonchev–Trinajstić information content (AvgIpc) is 3.07. The molecule has 250 valence electrons. The second-order valence-electron chi connectivity index (χ2n) is 14.3. The SMILES string of the molecule is CCCCCCCCCCCCCCCCCCCCCCc1ccc(C=NN=C(c2ccccc2)C2CCC(C)CC2)cc1. The smallest absolute Gasteiger partial charge is 0.0733 e. The molecular weight excluding hydrogens is 544 g/mol. The van der Waals surface area contributed by atoms with E-state index in [9.17, 15) is 0 Å². The molecule has 3 rings (SSSR count). The molecule has 0 heterocycles. The third-order valence-corrected chi connectivity index (χ3v) is 10.1. The van der Waals surface area contributed by atoms with Gasteiger partial charge in [-0.2, -0.15) is 10.2 Å². The van der Waals surface area contributed by atoms with Crippen LogP contribution >= 0.6 is 0 Å². The Morgan fingerprint density at radius 2 is 1.04 bits per heavy atom. The molecule has 0 aromatic heterocycles. The summed E-state index contributed by atoms with van der Waals surface area (Å²) in [6.07, 6.45) is 36.9. The Morgan fingerprint density at radius 3 is 1.53 bits per heavy atom. The number of nitrogens with zero attached hydrogens (tertiary/aromatic N) is 2. The van der Waals surface area contributed by atoms with E-state index in [0.29, 0.717) is 5.92 Å². The molecule has 2 aromatic carbocycles. The predicted molar refractivity (Wildman–Crippen MR) is 200 cm³/mol. The normalized spacial score (nSPS) is 17.3. The first kappa shape index (κ1) is 37.2. The molecule has 1 aliphatic carbocycles. The van der Waals surface area contributed by atoms with Crippen LogP contribution in [0.1, 0.15) is 185 Å². The number of rotatable bonds is 25. The van der Waals surface area contributed by atoms with Crippen molar-refractivity contribution in [2.24, 2.45) is 22.0 Å². The van der Waals surface area contributed by atoms with Crippen molar-refractivity contribution in [3.8, 4) is 0 Å². The standard InChI is InChI=1S/C43H68N2/c1-3-4-5-6-7-8-9-10-11-12-13-14-15-16-17-18-19-20-21-23-26-39-31-33-40(34-32-39)37-44-45-43(41-27-24-22-25-28-41)42-35-29-38(2)30-36-42/h22,24-25,27-28,31-34,37-38,42H,3-21,23,26,29-30,35-36H2,1-2H3. The van der Waals surface area contributed by atoms with Gasteiger partial charge in [-0.1, -0.05) is 203 Å². The molecule has 0 amide bonds. The van der Waals surface area contributed by atoms with E-state index in [0.717, 1.165) is 17.2 Å². The molecule has 1 fully saturated rings. The second kappa shape index (κ2) is 24.9. The number of aryl methyl sites for hydroxylation is 1. The molecule has 0 spiro atoms. The molecule has 1 saturated carbocycles. The van der Waals surface area contributed by atoms with Crippen LogP contribution in [-0.4, -0.2) is 11.9 Å². The Labute approximate surface area is 279 Å². The van der Waals surface area contributed by atoms with Gasteiger partial charge in [0.1, 0.15) is 0 Å². The summed E-state index contributed by atoms with van der Waals surface area (Å²) in [6, 6.07) is 19.6. The van der Waals surface area contributed by atoms with Gasteiger partial charge < -0.3 is 0 Å². The van der Waals surface area contributed by atoms with Gasteiger partial charge in [0.25, 0.3) is 0 Å². The van der Waals surface area contributed by atoms with Crippen molar-refractivity contribution in [2.45, 2.75) is 174 Å². The van der Waals surface area contributed by atoms with Crippen LogP contribution in [0.5, 0.6) is 0 Å². The summed E-state index contributed by atoms with van der Waals surface area (Å²) < 4.78 is 0. The Morgan fingerprint density at radius 1 is 0.578 bits per heavy atom. The highest BCUT2D eigenvalue weighted by molar-refractivity contribution is 6.02. The Bertz CT molecular complexity index is 1010. The van der Waals surface area contributed by atoms with Crippen molar-refractivity contribution in [2.75, 3.05) is 0 Å². The lowest BCUT2D eigenvalue weighted by Gasteiger charge is -2.27. The highest BCUT2D eigenvalue weighted by atomic mass is 15.2. The highest BCUT2D eigenvalue weighted by Crippen LogP contribution is 2.31. The molecule has 0 bridgehead atoms. The Kier molecular flexibility index (Phi) is 20.6. The van der Waals surface area contributed by atoms with E-state index < -0.39 is 0 Å². The summed E-state index contributed by atoms with van der Waals surface area (Å²) in [5.74, 6) is 1.36. The van der Waals surface area contributed by atoms with Gasteiger partial charge in [0.2, 0.25) is 0 Å². The van der Waals surface area contributed by atoms with E-state index in [4.69, 9.17) is 5.10 Å². The molecule has 0 N–H and O–H groups in total. The zero-order chi connectivity index (χ0) is 31.6. The molecule has 0 saturated heterocycles. The number of unbranched alkanes of at least 4 members (excludes halogenated alkanes) is 19. The molecular formula is C43H68N2. The number of hydrogen-bond donors (Lipinski definition) is 0. The van der Waals surface area contributed by atoms with Gasteiger partial charge in [-0.25, -0.2) is 0 Å². The quantitative estimate of drug-likeness (QED) is 0.0605. The minimum absolute atomic E-state index is 0.521. The topological polar surface area (TPSA) is 24.7 Å². The van der Waals surface area contributed by atoms with Crippen molar-refractivity contribution in [3.63, 3.8) is 0 Å². The van der Waals surface area contributed by atoms with Crippen LogP contribution in [-0.2, 0) is 6.42 Å². The summed E-state index contributed by atoms with van der Waals surface area (Å²) in [6.45, 7) is 4.68. The van der Waals surface area contributed by atoms with Gasteiger partial charge >= 0.3 is 0 Å². The minimum atomic E-state index is 0.521. The van der Waals surface area contributed by atoms with Crippen molar-refractivity contribution < 1.29 is 0 Å². The van der Waals surface area contributed by atoms with Gasteiger partial charge in [0.05, 0.1) is 11.9 Å². The molecule has 2 nitrogen and oxygen atoms in total. The maximum Gasteiger partial charge on any atom is 0.0733 e. The van der Waals surface area contributed by atoms with Crippen LogP contribution in [0.15, 0.2) is 64.8 Å². The zero-order valence-electron chi connectivity index (χ0n) is 29.5. The lowest BCUT2D eigenvalue weighted by molar-refractivity contribution is 0.344. The zero-order valence-corrected chi connectivity index (χ0v) is 29.5. The summed E-state index contributed by atoms with van der Waals surface area (Å²) in [4.78, 5) is 0.